The number of benzene rings is 3. The highest BCUT2D eigenvalue weighted by Gasteiger charge is 2.44. The minimum absolute atomic E-state index is 0. The molecule has 0 amide bonds. The number of hydrogen-bond acceptors (Lipinski definition) is 2. The zero-order chi connectivity index (χ0) is 19.1. The van der Waals surface area contributed by atoms with Gasteiger partial charge in [0.1, 0.15) is 23.2 Å². The van der Waals surface area contributed by atoms with Crippen molar-refractivity contribution in [1.29, 1.82) is 0 Å². The first-order valence-corrected chi connectivity index (χ1v) is 13.4. The predicted octanol–water partition coefficient (Wildman–Crippen LogP) is 2.00. The lowest BCUT2D eigenvalue weighted by Gasteiger charge is -2.30. The second-order valence-electron chi connectivity index (χ2n) is 7.35. The molecular formula is C25H30Br2NPS. The molecule has 0 saturated carbocycles. The lowest BCUT2D eigenvalue weighted by atomic mass is 10.3. The van der Waals surface area contributed by atoms with Crippen molar-refractivity contribution in [3.63, 3.8) is 0 Å². The minimum Gasteiger partial charge on any atom is -1.00 e. The number of halogens is 2. The highest BCUT2D eigenvalue weighted by Crippen LogP contribution is 2.55. The summed E-state index contributed by atoms with van der Waals surface area (Å²) in [5.41, 5.74) is 0. The molecule has 3 aromatic carbocycles. The zero-order valence-corrected chi connectivity index (χ0v) is 22.2. The summed E-state index contributed by atoms with van der Waals surface area (Å²) in [5, 5.41) is 4.50. The smallest absolute Gasteiger partial charge is 0.112 e. The molecule has 1 aliphatic heterocycles. The Morgan fingerprint density at radius 3 is 1.47 bits per heavy atom. The molecule has 1 nitrogen and oxygen atoms in total. The summed E-state index contributed by atoms with van der Waals surface area (Å²) in [5.74, 6) is 2.58. The molecule has 4 rings (SSSR count). The third kappa shape index (κ3) is 5.99. The van der Waals surface area contributed by atoms with Crippen molar-refractivity contribution in [2.75, 3.05) is 37.3 Å². The van der Waals surface area contributed by atoms with Crippen LogP contribution in [0.3, 0.4) is 0 Å². The number of hydrogen-bond donors (Lipinski definition) is 0. The summed E-state index contributed by atoms with van der Waals surface area (Å²) < 4.78 is 0. The van der Waals surface area contributed by atoms with Crippen LogP contribution < -0.4 is 32.9 Å². The monoisotopic (exact) mass is 565 g/mol. The maximum absolute atomic E-state index is 2.66. The third-order valence-corrected chi connectivity index (χ3v) is 11.1. The van der Waals surface area contributed by atoms with E-state index in [0.29, 0.717) is 0 Å². The SMILES string of the molecule is Br.[Br-].c1ccc([P+](CCCN2CCSCC2)(c2ccccc2)c2ccccc2)cc1. The Morgan fingerprint density at radius 2 is 1.07 bits per heavy atom. The molecule has 0 aliphatic carbocycles. The molecule has 0 atom stereocenters. The van der Waals surface area contributed by atoms with E-state index in [0.717, 1.165) is 0 Å². The third-order valence-electron chi connectivity index (χ3n) is 5.66. The maximum atomic E-state index is 2.66. The average Bonchev–Trinajstić information content (AvgIpc) is 2.79. The fraction of sp³-hybridized carbons (Fsp3) is 0.280. The molecule has 0 radical (unpaired) electrons. The van der Waals surface area contributed by atoms with Crippen LogP contribution >= 0.6 is 36.0 Å². The Labute approximate surface area is 207 Å². The van der Waals surface area contributed by atoms with Gasteiger partial charge in [-0.15, -0.1) is 17.0 Å². The van der Waals surface area contributed by atoms with E-state index < -0.39 is 7.26 Å². The molecule has 1 saturated heterocycles. The van der Waals surface area contributed by atoms with Gasteiger partial charge >= 0.3 is 0 Å². The van der Waals surface area contributed by atoms with Crippen LogP contribution in [0, 0.1) is 0 Å². The minimum atomic E-state index is -1.65. The van der Waals surface area contributed by atoms with Gasteiger partial charge in [0.05, 0.1) is 6.16 Å². The lowest BCUT2D eigenvalue weighted by molar-refractivity contribution is -0.00000554. The van der Waals surface area contributed by atoms with E-state index in [1.54, 1.807) is 0 Å². The van der Waals surface area contributed by atoms with Gasteiger partial charge in [0.25, 0.3) is 0 Å². The van der Waals surface area contributed by atoms with Gasteiger partial charge < -0.3 is 21.9 Å². The van der Waals surface area contributed by atoms with Crippen molar-refractivity contribution in [3.8, 4) is 0 Å². The largest absolute Gasteiger partial charge is 1.00 e. The van der Waals surface area contributed by atoms with Gasteiger partial charge in [-0.05, 0) is 42.8 Å². The fourth-order valence-electron chi connectivity index (χ4n) is 4.24. The van der Waals surface area contributed by atoms with Crippen molar-refractivity contribution < 1.29 is 17.0 Å². The summed E-state index contributed by atoms with van der Waals surface area (Å²) in [7, 11) is -1.65. The zero-order valence-electron chi connectivity index (χ0n) is 17.2. The first-order valence-electron chi connectivity index (χ1n) is 10.2. The second-order valence-corrected chi connectivity index (χ2v) is 12.2. The summed E-state index contributed by atoms with van der Waals surface area (Å²) in [6, 6.07) is 33.8. The van der Waals surface area contributed by atoms with Crippen molar-refractivity contribution >= 4 is 51.9 Å². The van der Waals surface area contributed by atoms with Crippen molar-refractivity contribution in [2.24, 2.45) is 0 Å². The molecular weight excluding hydrogens is 537 g/mol. The van der Waals surface area contributed by atoms with Crippen LogP contribution in [0.15, 0.2) is 91.0 Å². The van der Waals surface area contributed by atoms with Gasteiger partial charge in [0.2, 0.25) is 0 Å². The van der Waals surface area contributed by atoms with Gasteiger partial charge in [-0.3, -0.25) is 0 Å². The highest BCUT2D eigenvalue weighted by atomic mass is 79.9. The molecule has 30 heavy (non-hydrogen) atoms. The van der Waals surface area contributed by atoms with Crippen LogP contribution in [0.4, 0.5) is 0 Å². The Kier molecular flexibility index (Phi) is 11.1. The number of thioether (sulfide) groups is 1. The summed E-state index contributed by atoms with van der Waals surface area (Å²) in [6.07, 6.45) is 2.48. The quantitative estimate of drug-likeness (QED) is 0.403. The van der Waals surface area contributed by atoms with Crippen LogP contribution in [0.5, 0.6) is 0 Å². The van der Waals surface area contributed by atoms with Crippen molar-refractivity contribution in [3.05, 3.63) is 91.0 Å². The van der Waals surface area contributed by atoms with Gasteiger partial charge in [-0.25, -0.2) is 0 Å². The summed E-state index contributed by atoms with van der Waals surface area (Å²) in [6.45, 7) is 3.71. The van der Waals surface area contributed by atoms with Gasteiger partial charge in [-0.1, -0.05) is 54.6 Å². The Hall–Kier alpha value is -0.640. The van der Waals surface area contributed by atoms with Crippen LogP contribution in [-0.4, -0.2) is 42.2 Å². The van der Waals surface area contributed by atoms with E-state index in [2.05, 4.69) is 108 Å². The normalized spacial score (nSPS) is 14.4. The molecule has 0 bridgehead atoms. The van der Waals surface area contributed by atoms with E-state index in [-0.39, 0.29) is 34.0 Å². The molecule has 0 unspecified atom stereocenters. The van der Waals surface area contributed by atoms with E-state index >= 15 is 0 Å². The van der Waals surface area contributed by atoms with Crippen LogP contribution in [0.25, 0.3) is 0 Å². The lowest BCUT2D eigenvalue weighted by Crippen LogP contribution is -3.00. The molecule has 1 fully saturated rings. The van der Waals surface area contributed by atoms with Crippen LogP contribution in [0.2, 0.25) is 0 Å². The van der Waals surface area contributed by atoms with E-state index in [1.807, 2.05) is 0 Å². The molecule has 5 heteroatoms. The molecule has 0 spiro atoms. The van der Waals surface area contributed by atoms with Gasteiger partial charge in [-0.2, -0.15) is 11.8 Å². The second kappa shape index (κ2) is 13.0. The predicted molar refractivity (Wildman–Crippen MR) is 139 cm³/mol. The fourth-order valence-corrected chi connectivity index (χ4v) is 9.54. The first kappa shape index (κ1) is 25.6. The molecule has 0 N–H and O–H groups in total. The molecule has 1 heterocycles. The van der Waals surface area contributed by atoms with Gasteiger partial charge in [0, 0.05) is 31.1 Å². The van der Waals surface area contributed by atoms with E-state index in [9.17, 15) is 0 Å². The summed E-state index contributed by atoms with van der Waals surface area (Å²) >= 11 is 2.09. The Morgan fingerprint density at radius 1 is 0.667 bits per heavy atom. The molecule has 0 aromatic heterocycles. The molecule has 160 valence electrons. The number of nitrogens with zero attached hydrogens (tertiary/aromatic N) is 1. The standard InChI is InChI=1S/C25H29NPS.2BrH/c1-4-11-23(12-5-1)27(24-13-6-2-7-14-24,25-15-8-3-9-16-25)20-10-17-26-18-21-28-22-19-26;;/h1-9,11-16H,10,17-22H2;2*1H/q+1;;/p-1. The van der Waals surface area contributed by atoms with Gasteiger partial charge in [0.15, 0.2) is 0 Å². The molecule has 3 aromatic rings. The van der Waals surface area contributed by atoms with Crippen LogP contribution in [0.1, 0.15) is 6.42 Å². The first-order chi connectivity index (χ1) is 13.9. The average molecular weight is 567 g/mol. The van der Waals surface area contributed by atoms with Crippen molar-refractivity contribution in [2.45, 2.75) is 6.42 Å². The highest BCUT2D eigenvalue weighted by molar-refractivity contribution is 8.93. The Balaban J connectivity index is 0.00000160. The Bertz CT molecular complexity index is 746. The van der Waals surface area contributed by atoms with E-state index in [1.165, 1.54) is 59.6 Å². The van der Waals surface area contributed by atoms with E-state index in [4.69, 9.17) is 0 Å². The topological polar surface area (TPSA) is 3.24 Å². The van der Waals surface area contributed by atoms with Crippen LogP contribution in [-0.2, 0) is 0 Å². The number of rotatable bonds is 7. The molecule has 1 aliphatic rings. The maximum Gasteiger partial charge on any atom is 0.112 e. The summed E-state index contributed by atoms with van der Waals surface area (Å²) in [4.78, 5) is 2.66. The van der Waals surface area contributed by atoms with Crippen molar-refractivity contribution in [1.82, 2.24) is 4.90 Å².